The number of allylic oxidation sites excluding steroid dienone is 3. The molecule has 3 atom stereocenters. The van der Waals surface area contributed by atoms with Crippen molar-refractivity contribution in [2.45, 2.75) is 203 Å². The quantitative estimate of drug-likeness (QED) is 0.0501. The van der Waals surface area contributed by atoms with Crippen LogP contribution < -0.4 is 31.9 Å². The number of nitrogens with zero attached hydrogens (tertiary/aromatic N) is 6. The Balaban J connectivity index is 0.000000354. The van der Waals surface area contributed by atoms with Crippen LogP contribution in [0.1, 0.15) is 185 Å². The topological polar surface area (TPSA) is 324 Å². The van der Waals surface area contributed by atoms with E-state index in [2.05, 4.69) is 129 Å². The smallest absolute Gasteiger partial charge is 0.334 e. The fourth-order valence-corrected chi connectivity index (χ4v) is 10.9. The van der Waals surface area contributed by atoms with E-state index in [9.17, 15) is 57.5 Å². The molecule has 6 heterocycles. The number of hydrogen-bond donors (Lipinski definition) is 6. The Hall–Kier alpha value is -7.26. The number of amides is 9. The number of carbonyl (C=O) groups excluding carboxylic acids is 12. The Morgan fingerprint density at radius 3 is 0.824 bits per heavy atom. The minimum absolute atomic E-state index is 0. The van der Waals surface area contributed by atoms with Crippen LogP contribution in [0.2, 0.25) is 0 Å². The van der Waals surface area contributed by atoms with Gasteiger partial charge in [0.25, 0.3) is 17.7 Å². The van der Waals surface area contributed by atoms with Gasteiger partial charge in [0.2, 0.25) is 35.4 Å². The van der Waals surface area contributed by atoms with Crippen LogP contribution in [0, 0.1) is 16.2 Å². The van der Waals surface area contributed by atoms with Crippen LogP contribution >= 0.6 is 0 Å². The lowest BCUT2D eigenvalue weighted by molar-refractivity contribution is -0.186. The summed E-state index contributed by atoms with van der Waals surface area (Å²) in [5, 5.41) is 19.1. The average Bonchev–Trinajstić information content (AvgIpc) is 2.08. The Labute approximate surface area is 538 Å². The molecule has 9 amide bonds. The van der Waals surface area contributed by atoms with E-state index < -0.39 is 17.9 Å². The van der Waals surface area contributed by atoms with Gasteiger partial charge in [-0.15, -0.1) is 15.2 Å². The zero-order valence-corrected chi connectivity index (χ0v) is 54.9. The zero-order valence-electron chi connectivity index (χ0n) is 54.9. The van der Waals surface area contributed by atoms with Crippen molar-refractivity contribution in [2.24, 2.45) is 16.2 Å². The molecular formula is C64H106N12O15. The molecule has 27 nitrogen and oxygen atoms in total. The molecule has 0 radical (unpaired) electrons. The summed E-state index contributed by atoms with van der Waals surface area (Å²) in [6, 6.07) is -0.402. The molecule has 6 fully saturated rings. The molecule has 0 aromatic heterocycles. The van der Waals surface area contributed by atoms with E-state index in [1.54, 1.807) is 0 Å². The van der Waals surface area contributed by atoms with Gasteiger partial charge in [0, 0.05) is 97.4 Å². The van der Waals surface area contributed by atoms with Gasteiger partial charge >= 0.3 is 17.9 Å². The first-order chi connectivity index (χ1) is 42.2. The molecule has 6 aliphatic heterocycles. The summed E-state index contributed by atoms with van der Waals surface area (Å²) in [5.41, 5.74) is 1.74. The van der Waals surface area contributed by atoms with E-state index in [0.29, 0.717) is 36.4 Å². The van der Waals surface area contributed by atoms with Gasteiger partial charge in [0.15, 0.2) is 0 Å². The van der Waals surface area contributed by atoms with Gasteiger partial charge in [-0.25, -0.2) is 14.4 Å². The van der Waals surface area contributed by atoms with Crippen LogP contribution in [0.25, 0.3) is 0 Å². The first-order valence-electron chi connectivity index (χ1n) is 31.7. The third-order valence-corrected chi connectivity index (χ3v) is 14.9. The molecule has 0 bridgehead atoms. The van der Waals surface area contributed by atoms with Crippen molar-refractivity contribution in [3.05, 3.63) is 36.8 Å². The van der Waals surface area contributed by atoms with Crippen LogP contribution in [0.4, 0.5) is 0 Å². The molecule has 27 heteroatoms. The van der Waals surface area contributed by atoms with Gasteiger partial charge in [-0.05, 0) is 93.7 Å². The van der Waals surface area contributed by atoms with E-state index >= 15 is 0 Å². The van der Waals surface area contributed by atoms with Crippen molar-refractivity contribution in [3.63, 3.8) is 0 Å². The summed E-state index contributed by atoms with van der Waals surface area (Å²) in [4.78, 5) is 165. The Bertz CT molecular complexity index is 2280. The molecule has 3 unspecified atom stereocenters. The highest BCUT2D eigenvalue weighted by Gasteiger charge is 2.37. The van der Waals surface area contributed by atoms with E-state index in [0.717, 1.165) is 93.0 Å². The van der Waals surface area contributed by atoms with Crippen LogP contribution in [0.15, 0.2) is 36.8 Å². The maximum Gasteiger partial charge on any atom is 0.334 e. The van der Waals surface area contributed by atoms with Crippen LogP contribution in [0.5, 0.6) is 0 Å². The highest BCUT2D eigenvalue weighted by atomic mass is 16.7. The van der Waals surface area contributed by atoms with Gasteiger partial charge in [-0.1, -0.05) is 89.5 Å². The van der Waals surface area contributed by atoms with Gasteiger partial charge in [0.05, 0.1) is 54.5 Å². The standard InChI is InChI=1S/3C21H34N4O5.CH4/c3*1-15-7-8-18(27)25(15)30-19(28)10-12-22-17(26)9-11-23-20(29)16-6-5-13-24(16)14-21(2,3)4;/h3*16H,1,5-14H2,2-4H3,(H,22,26)(H,23,29);1H4/i2+1,3+1,5+1,6+1,13+1,14+1,16+1,17+1,24+1;2+1,3+1,4+1,5+1,6+1,13+1,14+1,16+1,24+1;2+1,3+1,4+1,5+1,6+1,13+1,14+1,16+1,23+1;. The number of hydrogen-bond acceptors (Lipinski definition) is 18. The molecular weight excluding hydrogens is 1200 g/mol. The molecule has 0 aliphatic carbocycles. The Morgan fingerprint density at radius 1 is 0.385 bits per heavy atom. The number of carbonyl (C=O) groups is 12. The Kier molecular flexibility index (Phi) is 32.0. The first kappa shape index (κ1) is 78.0. The van der Waals surface area contributed by atoms with Gasteiger partial charge in [-0.3, -0.25) is 57.9 Å². The van der Waals surface area contributed by atoms with Crippen LogP contribution in [-0.2, 0) is 72.0 Å². The molecule has 91 heavy (non-hydrogen) atoms. The second kappa shape index (κ2) is 37.3. The van der Waals surface area contributed by atoms with E-state index in [1.165, 1.54) is 0 Å². The highest BCUT2D eigenvalue weighted by Crippen LogP contribution is 2.28. The zero-order chi connectivity index (χ0) is 66.9. The summed E-state index contributed by atoms with van der Waals surface area (Å²) < 4.78 is 0. The summed E-state index contributed by atoms with van der Waals surface area (Å²) in [6.07, 6.45) is 8.01. The maximum absolute atomic E-state index is 12.5. The number of nitrogens with one attached hydrogen (secondary N) is 6. The number of rotatable bonds is 27. The molecule has 6 N–H and O–H groups in total. The lowest BCUT2D eigenvalue weighted by atomic mass is 10.3. The van der Waals surface area contributed by atoms with Gasteiger partial charge in [-0.2, -0.15) is 0 Å². The minimum Gasteiger partial charge on any atom is -0.355 e. The first-order valence-corrected chi connectivity index (χ1v) is 31.7. The second-order valence-corrected chi connectivity index (χ2v) is 27.1. The van der Waals surface area contributed by atoms with Crippen molar-refractivity contribution in [1.82, 2.24) is 61.8 Å². The molecule has 512 valence electrons. The van der Waals surface area contributed by atoms with Crippen molar-refractivity contribution >= 4 is 71.1 Å². The maximum atomic E-state index is 12.5. The molecule has 6 saturated heterocycles. The normalized spacial score (nSPS) is 19.6. The third kappa shape index (κ3) is 28.8. The van der Waals surface area contributed by atoms with E-state index in [1.807, 2.05) is 0 Å². The van der Waals surface area contributed by atoms with Crippen LogP contribution in [-0.4, -0.2) is 198 Å². The number of likely N-dealkylation sites (tertiary alicyclic amines) is 3. The third-order valence-electron chi connectivity index (χ3n) is 14.9. The second-order valence-electron chi connectivity index (χ2n) is 27.1. The molecule has 0 aromatic carbocycles. The molecule has 6 aliphatic rings. The Morgan fingerprint density at radius 2 is 0.615 bits per heavy atom. The van der Waals surface area contributed by atoms with Gasteiger partial charge < -0.3 is 46.4 Å². The van der Waals surface area contributed by atoms with E-state index in [-0.39, 0.29) is 192 Å². The monoisotopic (exact) mass is 1310 g/mol. The summed E-state index contributed by atoms with van der Waals surface area (Å²) in [7, 11) is 0. The van der Waals surface area contributed by atoms with Crippen molar-refractivity contribution in [3.8, 4) is 0 Å². The largest absolute Gasteiger partial charge is 0.355 e. The number of hydroxylamine groups is 6. The van der Waals surface area contributed by atoms with Crippen LogP contribution in [0.3, 0.4) is 0 Å². The predicted molar refractivity (Wildman–Crippen MR) is 339 cm³/mol. The molecule has 0 aromatic rings. The predicted octanol–water partition coefficient (Wildman–Crippen LogP) is 3.95. The highest BCUT2D eigenvalue weighted by molar-refractivity contribution is 5.86. The summed E-state index contributed by atoms with van der Waals surface area (Å²) in [6.45, 7) is 36.7. The lowest BCUT2D eigenvalue weighted by Crippen LogP contribution is -2.46. The lowest BCUT2D eigenvalue weighted by Gasteiger charge is -2.30. The SMILES string of the molecule is C.C=C1CCC(=O)N1OC(=O)CCNC(=O)CCNC(=O)[13CH]1[13CH2][13CH2][13CH2][15N]1[13CH2]C([13CH3])([13CH3])[13CH3].C=C1CCC(=O)N1OC(=O)CCNC(=O)CC[15NH]C(=O)[13CH]1[13CH2][13CH2][13CH2]N1[13CH2]C([13CH3])([13CH3])[13CH3].C=C1CCC(=O)N1OC(=O)CCN[13C](=O)CCNC(=O)[13CH]1[13CH2][13CH2][13CH2][15N]1[13CH2]C(C)([13CH3])[13CH3]. The molecule has 0 spiro atoms. The molecule has 0 saturated carbocycles. The average molecular weight is 1310 g/mol. The minimum atomic E-state index is -0.611. The van der Waals surface area contributed by atoms with Crippen molar-refractivity contribution < 1.29 is 72.0 Å². The summed E-state index contributed by atoms with van der Waals surface area (Å²) in [5.74, 6) is -3.62. The summed E-state index contributed by atoms with van der Waals surface area (Å²) >= 11 is 0. The van der Waals surface area contributed by atoms with Gasteiger partial charge in [0.1, 0.15) is 0 Å². The van der Waals surface area contributed by atoms with E-state index in [4.69, 9.17) is 14.5 Å². The van der Waals surface area contributed by atoms with Crippen molar-refractivity contribution in [2.75, 3.05) is 78.5 Å². The fourth-order valence-electron chi connectivity index (χ4n) is 10.9. The fraction of sp³-hybridized carbons (Fsp3) is 0.719. The van der Waals surface area contributed by atoms with Crippen molar-refractivity contribution in [1.29, 1.82) is 0 Å². The molecule has 6 rings (SSSR count).